The molecular weight excluding hydrogens is 901 g/mol. The number of hydrogen-bond donors (Lipinski definition) is 3. The second-order valence-corrected chi connectivity index (χ2v) is 20.8. The highest BCUT2D eigenvalue weighted by Gasteiger charge is 2.45. The zero-order chi connectivity index (χ0) is 50.0. The first kappa shape index (κ1) is 55.5. The third-order valence-corrected chi connectivity index (χ3v) is 14.7. The number of aliphatic hydroxyl groups excluding tert-OH is 3. The van der Waals surface area contributed by atoms with Gasteiger partial charge in [-0.2, -0.15) is 0 Å². The third kappa shape index (κ3) is 18.0. The van der Waals surface area contributed by atoms with Gasteiger partial charge in [0.05, 0.1) is 48.3 Å². The number of Topliss-reactive ketones (excluding diaryl/α,β-unsaturated/α-hetero) is 2. The average molecular weight is 981 g/mol. The minimum Gasteiger partial charge on any atom is -0.458 e. The van der Waals surface area contributed by atoms with Crippen LogP contribution in [0.5, 0.6) is 0 Å². The van der Waals surface area contributed by atoms with Crippen molar-refractivity contribution in [3.05, 3.63) is 72.9 Å². The van der Waals surface area contributed by atoms with Crippen molar-refractivity contribution in [1.82, 2.24) is 0 Å². The van der Waals surface area contributed by atoms with Crippen LogP contribution in [0.4, 0.5) is 4.79 Å². The van der Waals surface area contributed by atoms with E-state index in [0.29, 0.717) is 30.8 Å². The minimum absolute atomic E-state index is 0.0475. The van der Waals surface area contributed by atoms with E-state index in [4.69, 9.17) is 43.0 Å². The van der Waals surface area contributed by atoms with Crippen LogP contribution in [0.3, 0.4) is 0 Å². The van der Waals surface area contributed by atoms with Gasteiger partial charge in [-0.1, -0.05) is 61.6 Å². The summed E-state index contributed by atoms with van der Waals surface area (Å²) in [4.78, 5) is 44.8. The lowest BCUT2D eigenvalue weighted by Crippen LogP contribution is -2.31. The standard InChI is InChI=1S/C16H22O.C14H18O6.C10H16O3.C8H14O2.C7H10O3/c1-3-10-16(2)11-9-15(12-16)17-13-14-7-5-4-6-8-14;15-10-2-3-11(16)12(10)20-13(17)19-9-4-6-14(8-9)5-1-7-18-14;11-8-4-5-9(7-8)13-10-3-1-2-6-12-10;9-7-2-4-8(6-7)3-1-5-10-8;1-5(8)10-7-3-2-6(9)4-7/h3-8,15H,1,9-13H2,2H3;9,12H,1-8H2;4-5,8-11H,1-3,6-7H2;7,9H,1-6H2;2-3,6-7,9H,4H2,1H3/t15-,16-;9-,14+;8-,9+,10?;7-,8+;6-,7+/m00001/s1. The van der Waals surface area contributed by atoms with Crippen molar-refractivity contribution in [3.63, 3.8) is 0 Å². The smallest absolute Gasteiger partial charge is 0.458 e. The summed E-state index contributed by atoms with van der Waals surface area (Å²) in [6, 6.07) is 10.4. The Balaban J connectivity index is 0.000000147. The molecule has 390 valence electrons. The molecule has 2 spiro atoms. The van der Waals surface area contributed by atoms with Gasteiger partial charge in [0.15, 0.2) is 17.9 Å². The van der Waals surface area contributed by atoms with Crippen molar-refractivity contribution in [2.45, 2.75) is 222 Å². The quantitative estimate of drug-likeness (QED) is 0.114. The highest BCUT2D eigenvalue weighted by Crippen LogP contribution is 2.44. The van der Waals surface area contributed by atoms with Crippen LogP contribution in [0.1, 0.15) is 154 Å². The summed E-state index contributed by atoms with van der Waals surface area (Å²) in [5.74, 6) is -0.980. The highest BCUT2D eigenvalue weighted by atomic mass is 16.7. The maximum absolute atomic E-state index is 11.7. The summed E-state index contributed by atoms with van der Waals surface area (Å²) in [5, 5.41) is 27.4. The molecule has 10 rings (SSSR count). The first-order chi connectivity index (χ1) is 33.6. The van der Waals surface area contributed by atoms with Crippen molar-refractivity contribution in [2.24, 2.45) is 5.41 Å². The largest absolute Gasteiger partial charge is 0.509 e. The molecule has 70 heavy (non-hydrogen) atoms. The Hall–Kier alpha value is -3.80. The number of carbonyl (C=O) groups excluding carboxylic acids is 4. The van der Waals surface area contributed by atoms with Crippen LogP contribution < -0.4 is 0 Å². The third-order valence-electron chi connectivity index (χ3n) is 14.7. The van der Waals surface area contributed by atoms with E-state index in [2.05, 4.69) is 37.8 Å². The monoisotopic (exact) mass is 981 g/mol. The van der Waals surface area contributed by atoms with Crippen molar-refractivity contribution < 1.29 is 72.4 Å². The van der Waals surface area contributed by atoms with Crippen molar-refractivity contribution in [3.8, 4) is 0 Å². The SMILES string of the molecule is C=CC[C@@]1(C)CC[C@H](OCc2ccccc2)C1.CC(=O)O[C@H]1C=C[C@@H](O)C1.O=C(OC1C(=O)CCC1=O)O[C@H]1CC[C@]2(CCCO2)C1.O[C@H]1C=C[C@@H](OC2CCCCO2)C1.O[C@H]1CC[C@]2(CCCO2)C1. The molecule has 7 fully saturated rings. The Morgan fingerprint density at radius 3 is 1.91 bits per heavy atom. The fraction of sp³-hybridized carbons (Fsp3) is 0.709. The molecule has 3 aliphatic heterocycles. The molecular formula is C55H80O15. The van der Waals surface area contributed by atoms with Gasteiger partial charge in [-0.05, 0) is 113 Å². The molecule has 3 saturated heterocycles. The maximum Gasteiger partial charge on any atom is 0.509 e. The predicted molar refractivity (Wildman–Crippen MR) is 259 cm³/mol. The van der Waals surface area contributed by atoms with E-state index in [-0.39, 0.29) is 78.4 Å². The number of allylic oxidation sites excluding steroid dienone is 1. The summed E-state index contributed by atoms with van der Waals surface area (Å²) in [7, 11) is 0. The number of rotatable bonds is 10. The maximum atomic E-state index is 11.7. The lowest BCUT2D eigenvalue weighted by molar-refractivity contribution is -0.179. The summed E-state index contributed by atoms with van der Waals surface area (Å²) in [6.07, 6.45) is 25.2. The molecule has 15 nitrogen and oxygen atoms in total. The van der Waals surface area contributed by atoms with E-state index in [1.165, 1.54) is 51.0 Å². The molecule has 11 atom stereocenters. The molecule has 1 aromatic rings. The van der Waals surface area contributed by atoms with Gasteiger partial charge in [0.1, 0.15) is 12.2 Å². The van der Waals surface area contributed by atoms with Crippen molar-refractivity contribution in [1.29, 1.82) is 0 Å². The van der Waals surface area contributed by atoms with E-state index in [1.807, 2.05) is 18.2 Å². The van der Waals surface area contributed by atoms with Gasteiger partial charge < -0.3 is 53.2 Å². The summed E-state index contributed by atoms with van der Waals surface area (Å²) in [6.45, 7) is 10.8. The number of hydrogen-bond acceptors (Lipinski definition) is 15. The molecule has 3 heterocycles. The Kier molecular flexibility index (Phi) is 21.7. The van der Waals surface area contributed by atoms with Crippen molar-refractivity contribution >= 4 is 23.7 Å². The van der Waals surface area contributed by atoms with E-state index in [0.717, 1.165) is 90.6 Å². The Bertz CT molecular complexity index is 1850. The normalized spacial score (nSPS) is 35.0. The van der Waals surface area contributed by atoms with Crippen LogP contribution in [-0.2, 0) is 58.9 Å². The average Bonchev–Trinajstić information content (AvgIpc) is 4.23. The Labute approximate surface area is 414 Å². The second-order valence-electron chi connectivity index (χ2n) is 20.8. The number of ether oxygens (including phenoxy) is 8. The van der Waals surface area contributed by atoms with Gasteiger partial charge in [-0.25, -0.2) is 4.79 Å². The van der Waals surface area contributed by atoms with Gasteiger partial charge in [0.25, 0.3) is 0 Å². The van der Waals surface area contributed by atoms with Crippen LogP contribution in [0, 0.1) is 5.41 Å². The van der Waals surface area contributed by atoms with Gasteiger partial charge in [-0.15, -0.1) is 6.58 Å². The summed E-state index contributed by atoms with van der Waals surface area (Å²) >= 11 is 0. The lowest BCUT2D eigenvalue weighted by atomic mass is 9.85. The minimum atomic E-state index is -1.25. The second kappa shape index (κ2) is 27.3. The first-order valence-corrected chi connectivity index (χ1v) is 26.0. The van der Waals surface area contributed by atoms with Crippen LogP contribution in [-0.4, -0.2) is 125 Å². The summed E-state index contributed by atoms with van der Waals surface area (Å²) in [5.41, 5.74) is 1.66. The molecule has 9 aliphatic rings. The molecule has 4 saturated carbocycles. The number of esters is 1. The van der Waals surface area contributed by atoms with Crippen LogP contribution in [0.2, 0.25) is 0 Å². The van der Waals surface area contributed by atoms with Crippen LogP contribution in [0.15, 0.2) is 67.3 Å². The number of carbonyl (C=O) groups is 4. The number of benzene rings is 1. The molecule has 1 unspecified atom stereocenters. The lowest BCUT2D eigenvalue weighted by Gasteiger charge is -2.25. The predicted octanol–water partition coefficient (Wildman–Crippen LogP) is 8.42. The Morgan fingerprint density at radius 1 is 0.714 bits per heavy atom. The first-order valence-electron chi connectivity index (χ1n) is 26.0. The topological polar surface area (TPSA) is 203 Å². The molecule has 3 N–H and O–H groups in total. The van der Waals surface area contributed by atoms with E-state index >= 15 is 0 Å². The zero-order valence-corrected chi connectivity index (χ0v) is 41.6. The van der Waals surface area contributed by atoms with Gasteiger partial charge >= 0.3 is 12.1 Å². The van der Waals surface area contributed by atoms with Crippen molar-refractivity contribution in [2.75, 3.05) is 19.8 Å². The fourth-order valence-corrected chi connectivity index (χ4v) is 11.0. The summed E-state index contributed by atoms with van der Waals surface area (Å²) < 4.78 is 43.3. The number of ketones is 2. The van der Waals surface area contributed by atoms with E-state index in [9.17, 15) is 29.4 Å². The highest BCUT2D eigenvalue weighted by molar-refractivity contribution is 6.12. The molecule has 0 bridgehead atoms. The zero-order valence-electron chi connectivity index (χ0n) is 41.6. The number of aliphatic hydroxyl groups is 3. The Morgan fingerprint density at radius 2 is 1.36 bits per heavy atom. The van der Waals surface area contributed by atoms with Gasteiger partial charge in [0, 0.05) is 65.3 Å². The van der Waals surface area contributed by atoms with Crippen LogP contribution in [0.25, 0.3) is 0 Å². The molecule has 1 aromatic carbocycles. The van der Waals surface area contributed by atoms with E-state index in [1.54, 1.807) is 18.2 Å². The molecule has 0 radical (unpaired) electrons. The van der Waals surface area contributed by atoms with Gasteiger partial charge in [-0.3, -0.25) is 14.4 Å². The molecule has 15 heteroatoms. The molecule has 6 aliphatic carbocycles. The molecule has 0 amide bonds. The van der Waals surface area contributed by atoms with Gasteiger partial charge in [0.2, 0.25) is 6.10 Å². The molecule has 0 aromatic heterocycles. The fourth-order valence-electron chi connectivity index (χ4n) is 11.0. The van der Waals surface area contributed by atoms with Crippen LogP contribution >= 0.6 is 0 Å². The van der Waals surface area contributed by atoms with E-state index < -0.39 is 18.4 Å².